The summed E-state index contributed by atoms with van der Waals surface area (Å²) in [6.07, 6.45) is 3.34. The normalized spacial score (nSPS) is 22.9. The number of benzene rings is 1. The molecule has 0 spiro atoms. The standard InChI is InChI=1S/C20H31N3O2/c1-21-11-9-18(10-12-21)22(2)19-7-5-4-6-16(19)14-23-13-8-17(15-23)20(24)25-3/h4-7,17-18H,8-15H2,1-3H3. The molecule has 0 saturated carbocycles. The summed E-state index contributed by atoms with van der Waals surface area (Å²) in [7, 11) is 5.92. The number of anilines is 1. The van der Waals surface area contributed by atoms with Crippen molar-refractivity contribution in [3.63, 3.8) is 0 Å². The Morgan fingerprint density at radius 2 is 1.92 bits per heavy atom. The summed E-state index contributed by atoms with van der Waals surface area (Å²) in [6.45, 7) is 5.01. The van der Waals surface area contributed by atoms with Crippen molar-refractivity contribution in [2.45, 2.75) is 31.8 Å². The number of rotatable bonds is 5. The molecule has 5 heteroatoms. The molecule has 0 amide bonds. The quantitative estimate of drug-likeness (QED) is 0.765. The lowest BCUT2D eigenvalue weighted by atomic mass is 10.0. The van der Waals surface area contributed by atoms with Gasteiger partial charge in [-0.15, -0.1) is 0 Å². The van der Waals surface area contributed by atoms with E-state index in [9.17, 15) is 4.79 Å². The maximum Gasteiger partial charge on any atom is 0.310 e. The van der Waals surface area contributed by atoms with Crippen LogP contribution < -0.4 is 4.90 Å². The Labute approximate surface area is 151 Å². The first-order valence-corrected chi connectivity index (χ1v) is 9.38. The average molecular weight is 345 g/mol. The molecule has 138 valence electrons. The van der Waals surface area contributed by atoms with Gasteiger partial charge in [-0.05, 0) is 57.6 Å². The van der Waals surface area contributed by atoms with Gasteiger partial charge in [0, 0.05) is 31.9 Å². The number of likely N-dealkylation sites (tertiary alicyclic amines) is 2. The van der Waals surface area contributed by atoms with E-state index in [4.69, 9.17) is 4.74 Å². The molecule has 2 fully saturated rings. The molecule has 1 aromatic rings. The summed E-state index contributed by atoms with van der Waals surface area (Å²) in [5.74, 6) is -0.0389. The number of hydrogen-bond acceptors (Lipinski definition) is 5. The fourth-order valence-electron chi connectivity index (χ4n) is 4.14. The predicted molar refractivity (Wildman–Crippen MR) is 101 cm³/mol. The molecule has 0 radical (unpaired) electrons. The van der Waals surface area contributed by atoms with Gasteiger partial charge in [0.2, 0.25) is 0 Å². The predicted octanol–water partition coefficient (Wildman–Crippen LogP) is 2.21. The Morgan fingerprint density at radius 1 is 1.20 bits per heavy atom. The molecule has 1 unspecified atom stereocenters. The van der Waals surface area contributed by atoms with Crippen molar-refractivity contribution < 1.29 is 9.53 Å². The van der Waals surface area contributed by atoms with Crippen LogP contribution in [-0.4, -0.2) is 69.2 Å². The fraction of sp³-hybridized carbons (Fsp3) is 0.650. The zero-order valence-electron chi connectivity index (χ0n) is 15.8. The van der Waals surface area contributed by atoms with Crippen molar-refractivity contribution in [2.75, 3.05) is 52.3 Å². The van der Waals surface area contributed by atoms with E-state index in [-0.39, 0.29) is 11.9 Å². The molecule has 1 atom stereocenters. The molecule has 0 aliphatic carbocycles. The fourth-order valence-corrected chi connectivity index (χ4v) is 4.14. The number of ether oxygens (including phenoxy) is 1. The van der Waals surface area contributed by atoms with Crippen LogP contribution in [0.15, 0.2) is 24.3 Å². The van der Waals surface area contributed by atoms with E-state index in [1.165, 1.54) is 44.3 Å². The van der Waals surface area contributed by atoms with Crippen LogP contribution in [0.5, 0.6) is 0 Å². The highest BCUT2D eigenvalue weighted by atomic mass is 16.5. The first-order chi connectivity index (χ1) is 12.1. The molecular weight excluding hydrogens is 314 g/mol. The summed E-state index contributed by atoms with van der Waals surface area (Å²) >= 11 is 0. The van der Waals surface area contributed by atoms with E-state index in [0.717, 1.165) is 26.1 Å². The summed E-state index contributed by atoms with van der Waals surface area (Å²) < 4.78 is 4.90. The monoisotopic (exact) mass is 345 g/mol. The molecule has 0 aromatic heterocycles. The molecule has 2 aliphatic rings. The third kappa shape index (κ3) is 4.33. The molecule has 0 bridgehead atoms. The van der Waals surface area contributed by atoms with E-state index in [1.807, 2.05) is 0 Å². The minimum Gasteiger partial charge on any atom is -0.469 e. The van der Waals surface area contributed by atoms with Gasteiger partial charge in [0.1, 0.15) is 0 Å². The first kappa shape index (κ1) is 18.2. The van der Waals surface area contributed by atoms with Crippen LogP contribution in [0.25, 0.3) is 0 Å². The van der Waals surface area contributed by atoms with Gasteiger partial charge in [0.05, 0.1) is 13.0 Å². The second-order valence-electron chi connectivity index (χ2n) is 7.52. The molecular formula is C20H31N3O2. The summed E-state index contributed by atoms with van der Waals surface area (Å²) in [6, 6.07) is 9.33. The van der Waals surface area contributed by atoms with Crippen molar-refractivity contribution in [3.8, 4) is 0 Å². The van der Waals surface area contributed by atoms with E-state index < -0.39 is 0 Å². The third-order valence-electron chi connectivity index (χ3n) is 5.81. The smallest absolute Gasteiger partial charge is 0.310 e. The highest BCUT2D eigenvalue weighted by Gasteiger charge is 2.29. The van der Waals surface area contributed by atoms with Gasteiger partial charge in [-0.3, -0.25) is 9.69 Å². The maximum absolute atomic E-state index is 11.8. The number of methoxy groups -OCH3 is 1. The van der Waals surface area contributed by atoms with Crippen molar-refractivity contribution in [1.82, 2.24) is 9.80 Å². The zero-order valence-corrected chi connectivity index (χ0v) is 15.8. The zero-order chi connectivity index (χ0) is 17.8. The largest absolute Gasteiger partial charge is 0.469 e. The summed E-state index contributed by atoms with van der Waals surface area (Å²) in [4.78, 5) is 19.0. The van der Waals surface area contributed by atoms with Gasteiger partial charge in [0.25, 0.3) is 0 Å². The van der Waals surface area contributed by atoms with E-state index >= 15 is 0 Å². The Hall–Kier alpha value is -1.59. The van der Waals surface area contributed by atoms with Gasteiger partial charge in [-0.2, -0.15) is 0 Å². The van der Waals surface area contributed by atoms with Gasteiger partial charge >= 0.3 is 5.97 Å². The minimum absolute atomic E-state index is 0.0313. The van der Waals surface area contributed by atoms with Crippen LogP contribution in [0.3, 0.4) is 0 Å². The lowest BCUT2D eigenvalue weighted by Crippen LogP contribution is -2.42. The Morgan fingerprint density at radius 3 is 2.64 bits per heavy atom. The first-order valence-electron chi connectivity index (χ1n) is 9.38. The van der Waals surface area contributed by atoms with Crippen molar-refractivity contribution in [2.24, 2.45) is 5.92 Å². The SMILES string of the molecule is COC(=O)C1CCN(Cc2ccccc2N(C)C2CCN(C)CC2)C1. The average Bonchev–Trinajstić information content (AvgIpc) is 3.10. The van der Waals surface area contributed by atoms with Gasteiger partial charge in [-0.25, -0.2) is 0 Å². The Bertz CT molecular complexity index is 584. The number of hydrogen-bond donors (Lipinski definition) is 0. The maximum atomic E-state index is 11.8. The second-order valence-corrected chi connectivity index (χ2v) is 7.52. The highest BCUT2D eigenvalue weighted by molar-refractivity contribution is 5.72. The van der Waals surface area contributed by atoms with Crippen LogP contribution in [0, 0.1) is 5.92 Å². The molecule has 1 aromatic carbocycles. The van der Waals surface area contributed by atoms with E-state index in [0.29, 0.717) is 6.04 Å². The number of piperidine rings is 1. The van der Waals surface area contributed by atoms with Crippen LogP contribution in [0.2, 0.25) is 0 Å². The lowest BCUT2D eigenvalue weighted by Gasteiger charge is -2.37. The van der Waals surface area contributed by atoms with Crippen molar-refractivity contribution in [1.29, 1.82) is 0 Å². The van der Waals surface area contributed by atoms with Gasteiger partial charge < -0.3 is 14.5 Å². The molecule has 25 heavy (non-hydrogen) atoms. The van der Waals surface area contributed by atoms with E-state index in [1.54, 1.807) is 0 Å². The summed E-state index contributed by atoms with van der Waals surface area (Å²) in [5, 5.41) is 0. The van der Waals surface area contributed by atoms with Gasteiger partial charge in [-0.1, -0.05) is 18.2 Å². The third-order valence-corrected chi connectivity index (χ3v) is 5.81. The van der Waals surface area contributed by atoms with Crippen molar-refractivity contribution >= 4 is 11.7 Å². The van der Waals surface area contributed by atoms with Crippen LogP contribution in [-0.2, 0) is 16.1 Å². The van der Waals surface area contributed by atoms with Crippen LogP contribution >= 0.6 is 0 Å². The van der Waals surface area contributed by atoms with Gasteiger partial charge in [0.15, 0.2) is 0 Å². The molecule has 5 nitrogen and oxygen atoms in total. The van der Waals surface area contributed by atoms with E-state index in [2.05, 4.69) is 53.1 Å². The highest BCUT2D eigenvalue weighted by Crippen LogP contribution is 2.28. The van der Waals surface area contributed by atoms with Crippen LogP contribution in [0.4, 0.5) is 5.69 Å². The topological polar surface area (TPSA) is 36.0 Å². The molecule has 2 heterocycles. The number of para-hydroxylation sites is 1. The number of esters is 1. The molecule has 2 saturated heterocycles. The Kier molecular flexibility index (Phi) is 5.97. The second kappa shape index (κ2) is 8.19. The number of carbonyl (C=O) groups excluding carboxylic acids is 1. The summed E-state index contributed by atoms with van der Waals surface area (Å²) in [5.41, 5.74) is 2.69. The molecule has 0 N–H and O–H groups in total. The minimum atomic E-state index is -0.0702. The Balaban J connectivity index is 1.66. The molecule has 2 aliphatic heterocycles. The lowest BCUT2D eigenvalue weighted by molar-refractivity contribution is -0.144. The van der Waals surface area contributed by atoms with Crippen molar-refractivity contribution in [3.05, 3.63) is 29.8 Å². The number of nitrogens with zero attached hydrogens (tertiary/aromatic N) is 3. The number of carbonyl (C=O) groups is 1. The van der Waals surface area contributed by atoms with Crippen LogP contribution in [0.1, 0.15) is 24.8 Å². The molecule has 3 rings (SSSR count).